The van der Waals surface area contributed by atoms with Crippen molar-refractivity contribution in [1.29, 1.82) is 0 Å². The minimum atomic E-state index is -2.35. The number of hydrogen-bond acceptors (Lipinski definition) is 11. The van der Waals surface area contributed by atoms with Gasteiger partial charge in [-0.3, -0.25) is 0 Å². The highest BCUT2D eigenvalue weighted by Crippen LogP contribution is 2.44. The largest absolute Gasteiger partial charge is 0.371 e. The van der Waals surface area contributed by atoms with E-state index >= 15 is 0 Å². The molecule has 0 aliphatic carbocycles. The zero-order chi connectivity index (χ0) is 30.2. The summed E-state index contributed by atoms with van der Waals surface area (Å²) in [6.07, 6.45) is 2.54. The van der Waals surface area contributed by atoms with Crippen molar-refractivity contribution in [2.75, 3.05) is 38.2 Å². The smallest absolute Gasteiger partial charge is 0.181 e. The molecule has 6 rings (SSSR count). The van der Waals surface area contributed by atoms with E-state index in [1.807, 2.05) is 38.1 Å². The van der Waals surface area contributed by atoms with Gasteiger partial charge in [-0.05, 0) is 58.1 Å². The van der Waals surface area contributed by atoms with Gasteiger partial charge in [0, 0.05) is 18.2 Å². The van der Waals surface area contributed by atoms with E-state index in [0.29, 0.717) is 40.8 Å². The van der Waals surface area contributed by atoms with Crippen LogP contribution in [0.2, 0.25) is 5.02 Å². The molecule has 5 atom stereocenters. The standard InChI is InChI=1S/C29H39ClN5O7P/c1-29(2)41-24-21(15-37-17-43(3,4)36)40-28(25(24)42-29)35-27-19(14-32-35)26(31-13-18-9-5-6-10-20(18)30)33-22(34-27)16-39-23-11-7-8-12-38-23/h5-6,9-10,14,21,23-25,28H,7-8,11-13,15-17H2,1-4H3,(H,31,33,34)/t21-,23?,24-,25-,28-/m1/s1. The Hall–Kier alpha value is -2.15. The molecule has 1 aromatic carbocycles. The first-order chi connectivity index (χ1) is 20.6. The number of aromatic nitrogens is 4. The molecule has 234 valence electrons. The fourth-order valence-corrected chi connectivity index (χ4v) is 6.31. The number of nitrogens with zero attached hydrogens (tertiary/aromatic N) is 4. The molecule has 12 nitrogen and oxygen atoms in total. The fraction of sp³-hybridized carbons (Fsp3) is 0.621. The van der Waals surface area contributed by atoms with E-state index in [9.17, 15) is 4.57 Å². The summed E-state index contributed by atoms with van der Waals surface area (Å²) in [6.45, 7) is 8.65. The van der Waals surface area contributed by atoms with Gasteiger partial charge in [-0.15, -0.1) is 0 Å². The first-order valence-corrected chi connectivity index (χ1v) is 17.8. The average Bonchev–Trinajstić information content (AvgIpc) is 3.62. The van der Waals surface area contributed by atoms with E-state index in [1.165, 1.54) is 0 Å². The molecule has 3 aliphatic rings. The predicted octanol–water partition coefficient (Wildman–Crippen LogP) is 5.15. The summed E-state index contributed by atoms with van der Waals surface area (Å²) in [4.78, 5) is 9.66. The van der Waals surface area contributed by atoms with Crippen LogP contribution in [-0.4, -0.2) is 83.0 Å². The molecule has 0 amide bonds. The van der Waals surface area contributed by atoms with Crippen molar-refractivity contribution in [1.82, 2.24) is 19.7 Å². The molecule has 1 N–H and O–H groups in total. The number of nitrogens with one attached hydrogen (secondary N) is 1. The zero-order valence-electron chi connectivity index (χ0n) is 24.9. The van der Waals surface area contributed by atoms with Gasteiger partial charge in [-0.2, -0.15) is 5.10 Å². The van der Waals surface area contributed by atoms with Crippen LogP contribution in [0.15, 0.2) is 30.5 Å². The number of rotatable bonds is 11. The molecule has 0 bridgehead atoms. The molecule has 3 fully saturated rings. The third-order valence-corrected chi connectivity index (χ3v) is 8.66. The molecule has 2 aromatic heterocycles. The molecule has 1 unspecified atom stereocenters. The van der Waals surface area contributed by atoms with Gasteiger partial charge in [0.25, 0.3) is 0 Å². The molecule has 3 aromatic rings. The third kappa shape index (κ3) is 7.23. The van der Waals surface area contributed by atoms with Crippen LogP contribution in [0.4, 0.5) is 5.82 Å². The average molecular weight is 636 g/mol. The first kappa shape index (κ1) is 30.9. The van der Waals surface area contributed by atoms with Gasteiger partial charge in [0.2, 0.25) is 0 Å². The summed E-state index contributed by atoms with van der Waals surface area (Å²) < 4.78 is 50.5. The minimum Gasteiger partial charge on any atom is -0.371 e. The van der Waals surface area contributed by atoms with Crippen molar-refractivity contribution >= 4 is 35.6 Å². The van der Waals surface area contributed by atoms with Gasteiger partial charge < -0.3 is 38.3 Å². The third-order valence-electron chi connectivity index (χ3n) is 7.49. The van der Waals surface area contributed by atoms with Crippen molar-refractivity contribution in [3.05, 3.63) is 46.9 Å². The van der Waals surface area contributed by atoms with Crippen molar-refractivity contribution < 1.29 is 33.0 Å². The van der Waals surface area contributed by atoms with Gasteiger partial charge in [-0.1, -0.05) is 29.8 Å². The van der Waals surface area contributed by atoms with Crippen molar-refractivity contribution in [3.8, 4) is 0 Å². The molecule has 43 heavy (non-hydrogen) atoms. The van der Waals surface area contributed by atoms with Crippen LogP contribution in [0.25, 0.3) is 11.0 Å². The van der Waals surface area contributed by atoms with Crippen LogP contribution in [0.5, 0.6) is 0 Å². The molecule has 0 saturated carbocycles. The molecule has 3 aliphatic heterocycles. The Morgan fingerprint density at radius 2 is 1.98 bits per heavy atom. The number of benzene rings is 1. The van der Waals surface area contributed by atoms with Crippen LogP contribution in [0.1, 0.15) is 50.7 Å². The summed E-state index contributed by atoms with van der Waals surface area (Å²) in [5, 5.41) is 9.49. The molecule has 0 spiro atoms. The summed E-state index contributed by atoms with van der Waals surface area (Å²) in [6, 6.07) is 7.66. The van der Waals surface area contributed by atoms with E-state index in [-0.39, 0.29) is 25.9 Å². The maximum Gasteiger partial charge on any atom is 0.181 e. The Bertz CT molecular complexity index is 1480. The Labute approximate surface area is 256 Å². The quantitative estimate of drug-likeness (QED) is 0.281. The van der Waals surface area contributed by atoms with Gasteiger partial charge in [0.15, 0.2) is 29.8 Å². The van der Waals surface area contributed by atoms with E-state index in [2.05, 4.69) is 5.32 Å². The Kier molecular flexibility index (Phi) is 9.11. The number of hydrogen-bond donors (Lipinski definition) is 1. The Morgan fingerprint density at radius 1 is 1.16 bits per heavy atom. The monoisotopic (exact) mass is 635 g/mol. The summed E-state index contributed by atoms with van der Waals surface area (Å²) in [5.74, 6) is 0.253. The topological polar surface area (TPSA) is 128 Å². The fourth-order valence-electron chi connectivity index (χ4n) is 5.57. The van der Waals surface area contributed by atoms with E-state index < -0.39 is 37.5 Å². The second-order valence-corrected chi connectivity index (χ2v) is 15.9. The lowest BCUT2D eigenvalue weighted by Gasteiger charge is -2.24. The Balaban J connectivity index is 1.30. The van der Waals surface area contributed by atoms with Crippen LogP contribution in [0.3, 0.4) is 0 Å². The molecule has 0 radical (unpaired) electrons. The molecule has 14 heteroatoms. The van der Waals surface area contributed by atoms with Gasteiger partial charge in [0.05, 0.1) is 24.5 Å². The lowest BCUT2D eigenvalue weighted by atomic mass is 10.1. The van der Waals surface area contributed by atoms with Crippen molar-refractivity contribution in [2.24, 2.45) is 0 Å². The second kappa shape index (κ2) is 12.7. The number of ether oxygens (including phenoxy) is 6. The molecule has 5 heterocycles. The normalized spacial score (nSPS) is 27.0. The highest BCUT2D eigenvalue weighted by molar-refractivity contribution is 7.62. The van der Waals surface area contributed by atoms with Crippen molar-refractivity contribution in [3.63, 3.8) is 0 Å². The van der Waals surface area contributed by atoms with Gasteiger partial charge >= 0.3 is 0 Å². The predicted molar refractivity (Wildman–Crippen MR) is 160 cm³/mol. The highest BCUT2D eigenvalue weighted by Gasteiger charge is 2.56. The lowest BCUT2D eigenvalue weighted by molar-refractivity contribution is -0.202. The Morgan fingerprint density at radius 3 is 2.74 bits per heavy atom. The molecule has 3 saturated heterocycles. The first-order valence-electron chi connectivity index (χ1n) is 14.6. The van der Waals surface area contributed by atoms with Crippen LogP contribution >= 0.6 is 18.7 Å². The number of fused-ring (bicyclic) bond motifs is 2. The second-order valence-electron chi connectivity index (χ2n) is 12.1. The maximum atomic E-state index is 12.2. The van der Waals surface area contributed by atoms with Crippen LogP contribution < -0.4 is 5.32 Å². The van der Waals surface area contributed by atoms with Crippen LogP contribution in [0, 0.1) is 0 Å². The summed E-state index contributed by atoms with van der Waals surface area (Å²) >= 11 is 6.42. The highest BCUT2D eigenvalue weighted by atomic mass is 35.5. The van der Waals surface area contributed by atoms with E-state index in [1.54, 1.807) is 24.2 Å². The van der Waals surface area contributed by atoms with Gasteiger partial charge in [0.1, 0.15) is 37.9 Å². The zero-order valence-corrected chi connectivity index (χ0v) is 26.6. The maximum absolute atomic E-state index is 12.2. The van der Waals surface area contributed by atoms with Gasteiger partial charge in [-0.25, -0.2) is 14.6 Å². The lowest BCUT2D eigenvalue weighted by Crippen LogP contribution is -2.33. The molecular formula is C29H39ClN5O7P. The van der Waals surface area contributed by atoms with E-state index in [4.69, 9.17) is 55.1 Å². The number of anilines is 1. The van der Waals surface area contributed by atoms with E-state index in [0.717, 1.165) is 24.8 Å². The number of halogens is 1. The SMILES string of the molecule is CC1(C)O[C@@H]2[C@H](O1)[C@@H](COCP(C)(C)=O)O[C@H]2n1ncc2c(NCc3ccccc3Cl)nc(COC3CCCCO3)nc21. The van der Waals surface area contributed by atoms with Crippen LogP contribution in [-0.2, 0) is 46.1 Å². The summed E-state index contributed by atoms with van der Waals surface area (Å²) in [5.41, 5.74) is 1.49. The molecular weight excluding hydrogens is 597 g/mol. The van der Waals surface area contributed by atoms with Crippen molar-refractivity contribution in [2.45, 2.75) is 82.9 Å². The minimum absolute atomic E-state index is 0.158. The summed E-state index contributed by atoms with van der Waals surface area (Å²) in [7, 11) is -2.35.